The van der Waals surface area contributed by atoms with Crippen LogP contribution in [0.2, 0.25) is 0 Å². The highest BCUT2D eigenvalue weighted by Crippen LogP contribution is 2.33. The minimum absolute atomic E-state index is 0.0330. The van der Waals surface area contributed by atoms with Crippen LogP contribution in [0.3, 0.4) is 0 Å². The molecule has 1 amide bonds. The molecule has 0 aromatic heterocycles. The van der Waals surface area contributed by atoms with Crippen molar-refractivity contribution in [3.05, 3.63) is 65.7 Å². The molecule has 0 aliphatic heterocycles. The Kier molecular flexibility index (Phi) is 15.0. The van der Waals surface area contributed by atoms with Crippen LogP contribution >= 0.6 is 0 Å². The van der Waals surface area contributed by atoms with Crippen LogP contribution in [0, 0.1) is 0 Å². The van der Waals surface area contributed by atoms with Gasteiger partial charge in [-0.3, -0.25) is 4.79 Å². The Bertz CT molecular complexity index is 1180. The summed E-state index contributed by atoms with van der Waals surface area (Å²) >= 11 is 0. The largest absolute Gasteiger partial charge is 0.506 e. The quantitative estimate of drug-likeness (QED) is 0.0688. The summed E-state index contributed by atoms with van der Waals surface area (Å²) in [5.74, 6) is 0.564. The van der Waals surface area contributed by atoms with Crippen molar-refractivity contribution in [2.45, 2.75) is 110 Å². The molecular weight excluding hydrogens is 508 g/mol. The minimum atomic E-state index is -0.318. The molecule has 0 atom stereocenters. The van der Waals surface area contributed by atoms with Crippen molar-refractivity contribution in [2.24, 2.45) is 0 Å². The van der Waals surface area contributed by atoms with Crippen molar-refractivity contribution in [3.8, 4) is 11.5 Å². The van der Waals surface area contributed by atoms with E-state index in [1.807, 2.05) is 24.3 Å². The third-order valence-corrected chi connectivity index (χ3v) is 7.89. The van der Waals surface area contributed by atoms with Gasteiger partial charge in [-0.15, -0.1) is 0 Å². The van der Waals surface area contributed by atoms with Crippen LogP contribution in [0.15, 0.2) is 54.6 Å². The van der Waals surface area contributed by atoms with E-state index in [2.05, 4.69) is 30.4 Å². The summed E-state index contributed by atoms with van der Waals surface area (Å²) in [5.41, 5.74) is 8.12. The van der Waals surface area contributed by atoms with E-state index in [-0.39, 0.29) is 17.2 Å². The number of amides is 1. The van der Waals surface area contributed by atoms with Crippen molar-refractivity contribution < 1.29 is 14.6 Å². The maximum absolute atomic E-state index is 12.6. The number of rotatable bonds is 21. The summed E-state index contributed by atoms with van der Waals surface area (Å²) in [5, 5.41) is 14.8. The second-order valence-electron chi connectivity index (χ2n) is 11.4. The third-order valence-electron chi connectivity index (χ3n) is 7.89. The van der Waals surface area contributed by atoms with Gasteiger partial charge in [-0.2, -0.15) is 0 Å². The molecule has 41 heavy (non-hydrogen) atoms. The number of nitrogen functional groups attached to an aromatic ring is 1. The number of benzene rings is 3. The molecule has 5 nitrogen and oxygen atoms in total. The Morgan fingerprint density at radius 1 is 0.756 bits per heavy atom. The average molecular weight is 561 g/mol. The lowest BCUT2D eigenvalue weighted by molar-refractivity contribution is 0.0950. The van der Waals surface area contributed by atoms with Crippen LogP contribution < -0.4 is 15.8 Å². The van der Waals surface area contributed by atoms with E-state index in [0.717, 1.165) is 30.4 Å². The average Bonchev–Trinajstić information content (AvgIpc) is 2.99. The van der Waals surface area contributed by atoms with Gasteiger partial charge in [-0.1, -0.05) is 120 Å². The van der Waals surface area contributed by atoms with E-state index < -0.39 is 0 Å². The maximum atomic E-state index is 12.6. The highest BCUT2D eigenvalue weighted by molar-refractivity contribution is 6.07. The molecule has 3 rings (SSSR count). The molecule has 0 aliphatic rings. The normalized spacial score (nSPS) is 11.1. The summed E-state index contributed by atoms with van der Waals surface area (Å²) < 4.78 is 5.97. The minimum Gasteiger partial charge on any atom is -0.506 e. The zero-order chi connectivity index (χ0) is 29.1. The van der Waals surface area contributed by atoms with Crippen molar-refractivity contribution in [1.82, 2.24) is 5.32 Å². The van der Waals surface area contributed by atoms with Gasteiger partial charge in [0.2, 0.25) is 0 Å². The first kappa shape index (κ1) is 32.3. The number of hydrogen-bond acceptors (Lipinski definition) is 4. The van der Waals surface area contributed by atoms with Gasteiger partial charge in [-0.25, -0.2) is 0 Å². The number of phenolic OH excluding ortho intramolecular Hbond substituents is 1. The fourth-order valence-electron chi connectivity index (χ4n) is 5.41. The fraction of sp³-hybridized carbons (Fsp3) is 0.528. The molecule has 0 aliphatic carbocycles. The van der Waals surface area contributed by atoms with Gasteiger partial charge in [-0.05, 0) is 49.4 Å². The summed E-state index contributed by atoms with van der Waals surface area (Å²) in [4.78, 5) is 12.6. The number of hydrogen-bond donors (Lipinski definition) is 3. The SMILES string of the molecule is CCCCCCCCCCCCCCCc1cccc(OCCCCNC(=O)c2cc(N)c3ccccc3c2O)c1. The highest BCUT2D eigenvalue weighted by atomic mass is 16.5. The Morgan fingerprint density at radius 2 is 1.39 bits per heavy atom. The van der Waals surface area contributed by atoms with Gasteiger partial charge >= 0.3 is 0 Å². The molecule has 0 unspecified atom stereocenters. The Hall–Kier alpha value is -3.21. The first-order valence-electron chi connectivity index (χ1n) is 16.1. The van der Waals surface area contributed by atoms with E-state index in [1.165, 1.54) is 89.0 Å². The first-order valence-corrected chi connectivity index (χ1v) is 16.1. The van der Waals surface area contributed by atoms with E-state index in [9.17, 15) is 9.90 Å². The predicted octanol–water partition coefficient (Wildman–Crippen LogP) is 9.35. The number of carbonyl (C=O) groups excluding carboxylic acids is 1. The third kappa shape index (κ3) is 11.7. The van der Waals surface area contributed by atoms with Gasteiger partial charge in [0.1, 0.15) is 11.5 Å². The molecule has 0 radical (unpaired) electrons. The number of aromatic hydroxyl groups is 1. The van der Waals surface area contributed by atoms with Crippen molar-refractivity contribution in [2.75, 3.05) is 18.9 Å². The molecule has 5 heteroatoms. The van der Waals surface area contributed by atoms with Gasteiger partial charge in [0, 0.05) is 23.0 Å². The molecule has 0 heterocycles. The molecular formula is C36H52N2O3. The van der Waals surface area contributed by atoms with Crippen molar-refractivity contribution in [1.29, 1.82) is 0 Å². The molecule has 4 N–H and O–H groups in total. The Labute approximate surface area is 247 Å². The highest BCUT2D eigenvalue weighted by Gasteiger charge is 2.15. The van der Waals surface area contributed by atoms with Gasteiger partial charge in [0.25, 0.3) is 5.91 Å². The second kappa shape index (κ2) is 19.0. The molecule has 0 bridgehead atoms. The van der Waals surface area contributed by atoms with Crippen LogP contribution in [-0.2, 0) is 6.42 Å². The van der Waals surface area contributed by atoms with Crippen LogP contribution in [-0.4, -0.2) is 24.2 Å². The van der Waals surface area contributed by atoms with Crippen molar-refractivity contribution >= 4 is 22.4 Å². The van der Waals surface area contributed by atoms with Gasteiger partial charge in [0.05, 0.1) is 12.2 Å². The molecule has 0 saturated heterocycles. The number of ether oxygens (including phenoxy) is 1. The summed E-state index contributed by atoms with van der Waals surface area (Å²) in [6, 6.07) is 17.3. The number of nitrogens with one attached hydrogen (secondary N) is 1. The molecule has 3 aromatic carbocycles. The molecule has 0 fully saturated rings. The molecule has 224 valence electrons. The van der Waals surface area contributed by atoms with Crippen LogP contribution in [0.25, 0.3) is 10.8 Å². The number of phenols is 1. The molecule has 0 spiro atoms. The number of fused-ring (bicyclic) bond motifs is 1. The number of nitrogens with two attached hydrogens (primary N) is 1. The van der Waals surface area contributed by atoms with E-state index in [1.54, 1.807) is 12.1 Å². The summed E-state index contributed by atoms with van der Waals surface area (Å²) in [6.45, 7) is 3.39. The van der Waals surface area contributed by atoms with Gasteiger partial charge < -0.3 is 20.9 Å². The topological polar surface area (TPSA) is 84.6 Å². The predicted molar refractivity (Wildman–Crippen MR) is 173 cm³/mol. The lowest BCUT2D eigenvalue weighted by Crippen LogP contribution is -2.25. The lowest BCUT2D eigenvalue weighted by atomic mass is 10.0. The number of aryl methyl sites for hydroxylation is 1. The van der Waals surface area contributed by atoms with Crippen LogP contribution in [0.4, 0.5) is 5.69 Å². The number of unbranched alkanes of at least 4 members (excludes halogenated alkanes) is 13. The van der Waals surface area contributed by atoms with Crippen LogP contribution in [0.5, 0.6) is 11.5 Å². The maximum Gasteiger partial charge on any atom is 0.255 e. The van der Waals surface area contributed by atoms with E-state index >= 15 is 0 Å². The summed E-state index contributed by atoms with van der Waals surface area (Å²) in [6.07, 6.45) is 20.6. The zero-order valence-corrected chi connectivity index (χ0v) is 25.3. The first-order chi connectivity index (χ1) is 20.1. The molecule has 0 saturated carbocycles. The number of anilines is 1. The molecule has 3 aromatic rings. The van der Waals surface area contributed by atoms with Gasteiger partial charge in [0.15, 0.2) is 0 Å². The van der Waals surface area contributed by atoms with Crippen molar-refractivity contribution in [3.63, 3.8) is 0 Å². The summed E-state index contributed by atoms with van der Waals surface area (Å²) in [7, 11) is 0. The Morgan fingerprint density at radius 3 is 2.07 bits per heavy atom. The smallest absolute Gasteiger partial charge is 0.255 e. The van der Waals surface area contributed by atoms with E-state index in [0.29, 0.717) is 24.2 Å². The zero-order valence-electron chi connectivity index (χ0n) is 25.3. The monoisotopic (exact) mass is 560 g/mol. The Balaban J connectivity index is 1.22. The van der Waals surface area contributed by atoms with Crippen LogP contribution in [0.1, 0.15) is 119 Å². The fourth-order valence-corrected chi connectivity index (χ4v) is 5.41. The number of carbonyl (C=O) groups is 1. The van der Waals surface area contributed by atoms with E-state index in [4.69, 9.17) is 10.5 Å². The second-order valence-corrected chi connectivity index (χ2v) is 11.4. The lowest BCUT2D eigenvalue weighted by Gasteiger charge is -2.11. The standard InChI is InChI=1S/C36H52N2O3/c1-2-3-4-5-6-7-8-9-10-11-12-13-14-20-29-21-19-22-30(27-29)41-26-18-17-25-38-36(40)33-28-34(37)31-23-15-16-24-32(31)35(33)39/h15-16,19,21-24,27-28,39H,2-14,17-18,20,25-26,37H2,1H3,(H,38,40).